The average molecular weight is 385 g/mol. The molecule has 0 unspecified atom stereocenters. The SMILES string of the molecule is Cc1ccccc1-c1n(-c2c(C(C)C)cccc2C(C)C)c2cnccc2[n+]1C. The first-order valence-corrected chi connectivity index (χ1v) is 10.5. The van der Waals surface area contributed by atoms with Gasteiger partial charge in [-0.15, -0.1) is 0 Å². The molecule has 0 spiro atoms. The molecular formula is C26H30N3+. The van der Waals surface area contributed by atoms with Crippen LogP contribution < -0.4 is 4.57 Å². The van der Waals surface area contributed by atoms with Crippen molar-refractivity contribution in [1.82, 2.24) is 9.55 Å². The van der Waals surface area contributed by atoms with Crippen LogP contribution in [-0.4, -0.2) is 9.55 Å². The van der Waals surface area contributed by atoms with E-state index in [0.717, 1.165) is 5.52 Å². The van der Waals surface area contributed by atoms with Gasteiger partial charge in [0.15, 0.2) is 11.0 Å². The number of aromatic nitrogens is 3. The number of hydrogen-bond donors (Lipinski definition) is 0. The van der Waals surface area contributed by atoms with Crippen LogP contribution in [0.15, 0.2) is 60.9 Å². The molecule has 2 aromatic heterocycles. The van der Waals surface area contributed by atoms with Crippen molar-refractivity contribution >= 4 is 11.0 Å². The molecule has 0 atom stereocenters. The molecule has 0 fully saturated rings. The predicted octanol–water partition coefficient (Wildman–Crippen LogP) is 6.07. The Bertz CT molecular complexity index is 1160. The number of benzene rings is 2. The van der Waals surface area contributed by atoms with Crippen LogP contribution >= 0.6 is 0 Å². The summed E-state index contributed by atoms with van der Waals surface area (Å²) < 4.78 is 4.75. The molecule has 0 aliphatic carbocycles. The number of aryl methyl sites for hydroxylation is 2. The summed E-state index contributed by atoms with van der Waals surface area (Å²) in [4.78, 5) is 4.48. The van der Waals surface area contributed by atoms with Gasteiger partial charge in [-0.3, -0.25) is 4.98 Å². The molecule has 0 bridgehead atoms. The quantitative estimate of drug-likeness (QED) is 0.391. The van der Waals surface area contributed by atoms with E-state index in [0.29, 0.717) is 11.8 Å². The standard InChI is InChI=1S/C26H30N3/c1-17(2)20-12-9-13-21(18(3)4)25(20)29-24-16-27-15-14-23(24)28(6)26(29)22-11-8-7-10-19(22)5/h7-18H,1-6H3/q+1. The van der Waals surface area contributed by atoms with Crippen molar-refractivity contribution in [3.05, 3.63) is 77.6 Å². The third kappa shape index (κ3) is 3.15. The zero-order valence-corrected chi connectivity index (χ0v) is 18.3. The normalized spacial score (nSPS) is 11.7. The minimum Gasteiger partial charge on any atom is -0.260 e. The molecule has 148 valence electrons. The Morgan fingerprint density at radius 2 is 1.52 bits per heavy atom. The van der Waals surface area contributed by atoms with Crippen molar-refractivity contribution in [2.24, 2.45) is 7.05 Å². The summed E-state index contributed by atoms with van der Waals surface area (Å²) in [7, 11) is 2.16. The van der Waals surface area contributed by atoms with Gasteiger partial charge < -0.3 is 0 Å². The monoisotopic (exact) mass is 384 g/mol. The third-order valence-electron chi connectivity index (χ3n) is 5.86. The fourth-order valence-electron chi connectivity index (χ4n) is 4.33. The number of hydrogen-bond acceptors (Lipinski definition) is 1. The first kappa shape index (κ1) is 19.4. The van der Waals surface area contributed by atoms with Crippen molar-refractivity contribution in [2.75, 3.05) is 0 Å². The number of rotatable bonds is 4. The minimum absolute atomic E-state index is 0.424. The highest BCUT2D eigenvalue weighted by molar-refractivity contribution is 5.80. The summed E-state index contributed by atoms with van der Waals surface area (Å²) in [5, 5.41) is 0. The van der Waals surface area contributed by atoms with Crippen LogP contribution in [0.25, 0.3) is 28.1 Å². The topological polar surface area (TPSA) is 21.7 Å². The molecule has 29 heavy (non-hydrogen) atoms. The van der Waals surface area contributed by atoms with E-state index >= 15 is 0 Å². The number of fused-ring (bicyclic) bond motifs is 1. The second-order valence-corrected chi connectivity index (χ2v) is 8.49. The molecule has 0 saturated carbocycles. The Labute approximate surface area is 173 Å². The van der Waals surface area contributed by atoms with Gasteiger partial charge in [0.2, 0.25) is 0 Å². The fourth-order valence-corrected chi connectivity index (χ4v) is 4.33. The van der Waals surface area contributed by atoms with Gasteiger partial charge >= 0.3 is 0 Å². The highest BCUT2D eigenvalue weighted by atomic mass is 15.2. The van der Waals surface area contributed by atoms with Crippen LogP contribution in [0.3, 0.4) is 0 Å². The number of para-hydroxylation sites is 1. The molecule has 4 aromatic rings. The Morgan fingerprint density at radius 1 is 0.862 bits per heavy atom. The Balaban J connectivity index is 2.22. The lowest BCUT2D eigenvalue weighted by atomic mass is 9.92. The summed E-state index contributed by atoms with van der Waals surface area (Å²) in [6.45, 7) is 11.3. The summed E-state index contributed by atoms with van der Waals surface area (Å²) in [5.74, 6) is 2.04. The zero-order chi connectivity index (χ0) is 20.7. The maximum atomic E-state index is 4.48. The minimum atomic E-state index is 0.424. The van der Waals surface area contributed by atoms with E-state index in [4.69, 9.17) is 0 Å². The van der Waals surface area contributed by atoms with Gasteiger partial charge in [0, 0.05) is 23.4 Å². The highest BCUT2D eigenvalue weighted by Gasteiger charge is 2.31. The largest absolute Gasteiger partial charge is 0.295 e. The highest BCUT2D eigenvalue weighted by Crippen LogP contribution is 2.36. The molecular weight excluding hydrogens is 354 g/mol. The fraction of sp³-hybridized carbons (Fsp3) is 0.308. The van der Waals surface area contributed by atoms with Crippen LogP contribution in [0.4, 0.5) is 0 Å². The molecule has 0 N–H and O–H groups in total. The van der Waals surface area contributed by atoms with E-state index in [1.807, 2.05) is 12.4 Å². The van der Waals surface area contributed by atoms with Crippen molar-refractivity contribution in [3.63, 3.8) is 0 Å². The molecule has 0 saturated heterocycles. The maximum Gasteiger partial charge on any atom is 0.295 e. The molecule has 0 aliphatic rings. The number of nitrogens with zero attached hydrogens (tertiary/aromatic N) is 3. The van der Waals surface area contributed by atoms with Gasteiger partial charge in [0.05, 0.1) is 18.8 Å². The van der Waals surface area contributed by atoms with Gasteiger partial charge in [0.1, 0.15) is 5.69 Å². The molecule has 2 heterocycles. The molecule has 0 aliphatic heterocycles. The average Bonchev–Trinajstić information content (AvgIpc) is 3.00. The van der Waals surface area contributed by atoms with Gasteiger partial charge in [-0.25, -0.2) is 4.57 Å². The van der Waals surface area contributed by atoms with E-state index < -0.39 is 0 Å². The third-order valence-corrected chi connectivity index (χ3v) is 5.86. The van der Waals surface area contributed by atoms with E-state index in [2.05, 4.69) is 104 Å². The molecule has 0 radical (unpaired) electrons. The summed E-state index contributed by atoms with van der Waals surface area (Å²) in [5.41, 5.74) is 8.89. The summed E-state index contributed by atoms with van der Waals surface area (Å²) >= 11 is 0. The predicted molar refractivity (Wildman–Crippen MR) is 121 cm³/mol. The first-order chi connectivity index (χ1) is 13.9. The van der Waals surface area contributed by atoms with Crippen molar-refractivity contribution in [1.29, 1.82) is 0 Å². The lowest BCUT2D eigenvalue weighted by molar-refractivity contribution is -0.633. The molecule has 3 nitrogen and oxygen atoms in total. The van der Waals surface area contributed by atoms with Crippen molar-refractivity contribution < 1.29 is 4.57 Å². The van der Waals surface area contributed by atoms with Crippen LogP contribution in [0.2, 0.25) is 0 Å². The smallest absolute Gasteiger partial charge is 0.260 e. The van der Waals surface area contributed by atoms with E-state index in [-0.39, 0.29) is 0 Å². The lowest BCUT2D eigenvalue weighted by Gasteiger charge is -2.18. The van der Waals surface area contributed by atoms with Crippen LogP contribution in [0, 0.1) is 6.92 Å². The van der Waals surface area contributed by atoms with Crippen molar-refractivity contribution in [2.45, 2.75) is 46.5 Å². The maximum absolute atomic E-state index is 4.48. The Kier molecular flexibility index (Phi) is 4.99. The lowest BCUT2D eigenvalue weighted by Crippen LogP contribution is -2.30. The summed E-state index contributed by atoms with van der Waals surface area (Å²) in [6.07, 6.45) is 3.88. The van der Waals surface area contributed by atoms with Gasteiger partial charge in [-0.05, 0) is 30.4 Å². The van der Waals surface area contributed by atoms with Crippen molar-refractivity contribution in [3.8, 4) is 17.1 Å². The Morgan fingerprint density at radius 3 is 2.14 bits per heavy atom. The summed E-state index contributed by atoms with van der Waals surface area (Å²) in [6, 6.07) is 17.5. The molecule has 4 rings (SSSR count). The van der Waals surface area contributed by atoms with E-state index in [9.17, 15) is 0 Å². The zero-order valence-electron chi connectivity index (χ0n) is 18.3. The van der Waals surface area contributed by atoms with Gasteiger partial charge in [-0.1, -0.05) is 64.1 Å². The van der Waals surface area contributed by atoms with E-state index in [1.54, 1.807) is 0 Å². The van der Waals surface area contributed by atoms with Gasteiger partial charge in [0.25, 0.3) is 5.82 Å². The molecule has 3 heteroatoms. The Hall–Kier alpha value is -2.94. The van der Waals surface area contributed by atoms with E-state index in [1.165, 1.54) is 39.3 Å². The van der Waals surface area contributed by atoms with Gasteiger partial charge in [-0.2, -0.15) is 4.57 Å². The number of imidazole rings is 1. The van der Waals surface area contributed by atoms with Crippen LogP contribution in [-0.2, 0) is 7.05 Å². The van der Waals surface area contributed by atoms with Crippen LogP contribution in [0.5, 0.6) is 0 Å². The second-order valence-electron chi connectivity index (χ2n) is 8.49. The molecule has 0 amide bonds. The van der Waals surface area contributed by atoms with Crippen LogP contribution in [0.1, 0.15) is 56.2 Å². The first-order valence-electron chi connectivity index (χ1n) is 10.5. The molecule has 2 aromatic carbocycles. The second kappa shape index (κ2) is 7.47. The number of pyridine rings is 1.